The normalized spacial score (nSPS) is 12.6. The van der Waals surface area contributed by atoms with Crippen LogP contribution >= 0.6 is 0 Å². The first-order valence-corrected chi connectivity index (χ1v) is 7.74. The Bertz CT molecular complexity index is 881. The molecule has 126 valence electrons. The summed E-state index contributed by atoms with van der Waals surface area (Å²) in [5.41, 5.74) is 7.47. The molecule has 1 atom stereocenters. The first-order valence-electron chi connectivity index (χ1n) is 7.74. The number of aromatic nitrogens is 3. The highest BCUT2D eigenvalue weighted by atomic mass is 16.3. The number of primary amides is 1. The minimum atomic E-state index is -0.756. The van der Waals surface area contributed by atoms with Crippen LogP contribution in [0.25, 0.3) is 10.9 Å². The molecule has 0 aliphatic heterocycles. The molecule has 0 unspecified atom stereocenters. The highest BCUT2D eigenvalue weighted by Gasteiger charge is 2.12. The second-order valence-electron chi connectivity index (χ2n) is 5.91. The maximum Gasteiger partial charge on any atom is 0.268 e. The zero-order valence-electron chi connectivity index (χ0n) is 13.4. The number of amides is 1. The van der Waals surface area contributed by atoms with Gasteiger partial charge in [0.1, 0.15) is 17.7 Å². The molecule has 2 aromatic heterocycles. The summed E-state index contributed by atoms with van der Waals surface area (Å²) in [4.78, 5) is 14.9. The van der Waals surface area contributed by atoms with Crippen LogP contribution in [-0.2, 0) is 13.5 Å². The zero-order valence-corrected chi connectivity index (χ0v) is 13.4. The minimum Gasteiger partial charge on any atom is -0.508 e. The Morgan fingerprint density at radius 1 is 1.38 bits per heavy atom. The lowest BCUT2D eigenvalue weighted by Gasteiger charge is -2.11. The summed E-state index contributed by atoms with van der Waals surface area (Å²) < 4.78 is 3.50. The first kappa shape index (κ1) is 16.1. The van der Waals surface area contributed by atoms with E-state index in [1.54, 1.807) is 12.1 Å². The SMILES string of the molecule is Cn1cc(CCC[C@@H](O)n2cnc(C(N)=O)c2)c2cc(O)ccc21. The molecule has 0 aliphatic rings. The molecule has 4 N–H and O–H groups in total. The van der Waals surface area contributed by atoms with Crippen LogP contribution in [0.15, 0.2) is 36.9 Å². The van der Waals surface area contributed by atoms with Crippen molar-refractivity contribution in [2.24, 2.45) is 12.8 Å². The van der Waals surface area contributed by atoms with E-state index in [4.69, 9.17) is 5.73 Å². The van der Waals surface area contributed by atoms with Gasteiger partial charge in [0.05, 0.1) is 6.33 Å². The molecule has 0 fully saturated rings. The van der Waals surface area contributed by atoms with Gasteiger partial charge in [-0.25, -0.2) is 4.98 Å². The number of aromatic hydroxyl groups is 1. The number of aliphatic hydroxyl groups is 1. The Labute approximate surface area is 139 Å². The largest absolute Gasteiger partial charge is 0.508 e. The van der Waals surface area contributed by atoms with Gasteiger partial charge in [-0.1, -0.05) is 0 Å². The number of carbonyl (C=O) groups excluding carboxylic acids is 1. The van der Waals surface area contributed by atoms with Crippen LogP contribution in [0.5, 0.6) is 5.75 Å². The molecule has 0 saturated carbocycles. The number of fused-ring (bicyclic) bond motifs is 1. The average Bonchev–Trinajstić information content (AvgIpc) is 3.13. The Hall–Kier alpha value is -2.80. The van der Waals surface area contributed by atoms with Crippen molar-refractivity contribution in [3.05, 3.63) is 48.2 Å². The maximum absolute atomic E-state index is 11.0. The van der Waals surface area contributed by atoms with Gasteiger partial charge >= 0.3 is 0 Å². The summed E-state index contributed by atoms with van der Waals surface area (Å²) in [5.74, 6) is -0.371. The van der Waals surface area contributed by atoms with Crippen LogP contribution in [0.2, 0.25) is 0 Å². The molecule has 24 heavy (non-hydrogen) atoms. The molecular weight excluding hydrogens is 308 g/mol. The number of aliphatic hydroxyl groups excluding tert-OH is 1. The standard InChI is InChI=1S/C17H20N4O3/c1-20-8-11(13-7-12(22)5-6-15(13)20)3-2-4-16(23)21-9-14(17(18)24)19-10-21/h5-10,16,22-23H,2-4H2,1H3,(H2,18,24)/t16-/m1/s1. The number of rotatable bonds is 6. The highest BCUT2D eigenvalue weighted by Crippen LogP contribution is 2.26. The van der Waals surface area contributed by atoms with E-state index < -0.39 is 12.1 Å². The van der Waals surface area contributed by atoms with Crippen molar-refractivity contribution in [3.8, 4) is 5.75 Å². The summed E-state index contributed by atoms with van der Waals surface area (Å²) >= 11 is 0. The number of nitrogens with two attached hydrogens (primary N) is 1. The number of carbonyl (C=O) groups is 1. The molecule has 3 aromatic rings. The van der Waals surface area contributed by atoms with Gasteiger partial charge in [-0.2, -0.15) is 0 Å². The number of benzene rings is 1. The Morgan fingerprint density at radius 2 is 2.17 bits per heavy atom. The Kier molecular flexibility index (Phi) is 4.26. The van der Waals surface area contributed by atoms with E-state index in [1.165, 1.54) is 17.1 Å². The van der Waals surface area contributed by atoms with Gasteiger partial charge in [-0.3, -0.25) is 4.79 Å². The van der Waals surface area contributed by atoms with Crippen LogP contribution in [0, 0.1) is 0 Å². The van der Waals surface area contributed by atoms with E-state index in [9.17, 15) is 15.0 Å². The molecule has 0 bridgehead atoms. The summed E-state index contributed by atoms with van der Waals surface area (Å²) in [7, 11) is 1.97. The van der Waals surface area contributed by atoms with E-state index in [1.807, 2.05) is 23.9 Å². The summed E-state index contributed by atoms with van der Waals surface area (Å²) in [5, 5.41) is 20.9. The molecule has 3 rings (SSSR count). The summed E-state index contributed by atoms with van der Waals surface area (Å²) in [6.07, 6.45) is 6.18. The van der Waals surface area contributed by atoms with Crippen LogP contribution in [-0.4, -0.2) is 30.2 Å². The van der Waals surface area contributed by atoms with E-state index in [0.29, 0.717) is 6.42 Å². The highest BCUT2D eigenvalue weighted by molar-refractivity contribution is 5.90. The van der Waals surface area contributed by atoms with Gasteiger partial charge in [0.15, 0.2) is 0 Å². The molecular formula is C17H20N4O3. The second kappa shape index (κ2) is 6.37. The van der Waals surface area contributed by atoms with Crippen molar-refractivity contribution in [3.63, 3.8) is 0 Å². The number of hydrogen-bond acceptors (Lipinski definition) is 4. The third-order valence-corrected chi connectivity index (χ3v) is 4.16. The smallest absolute Gasteiger partial charge is 0.268 e. The van der Waals surface area contributed by atoms with Gasteiger partial charge in [0.2, 0.25) is 0 Å². The third-order valence-electron chi connectivity index (χ3n) is 4.16. The lowest BCUT2D eigenvalue weighted by molar-refractivity contribution is 0.0918. The third kappa shape index (κ3) is 3.11. The van der Waals surface area contributed by atoms with Gasteiger partial charge in [-0.05, 0) is 43.0 Å². The van der Waals surface area contributed by atoms with Gasteiger partial charge < -0.3 is 25.1 Å². The van der Waals surface area contributed by atoms with Gasteiger partial charge in [0.25, 0.3) is 5.91 Å². The zero-order chi connectivity index (χ0) is 17.3. The van der Waals surface area contributed by atoms with E-state index in [0.717, 1.165) is 29.3 Å². The van der Waals surface area contributed by atoms with Crippen LogP contribution < -0.4 is 5.73 Å². The minimum absolute atomic E-state index is 0.138. The molecule has 0 saturated heterocycles. The van der Waals surface area contributed by atoms with Crippen molar-refractivity contribution in [2.45, 2.75) is 25.5 Å². The van der Waals surface area contributed by atoms with Crippen molar-refractivity contribution in [2.75, 3.05) is 0 Å². The van der Waals surface area contributed by atoms with E-state index in [-0.39, 0.29) is 11.4 Å². The predicted molar refractivity (Wildman–Crippen MR) is 89.5 cm³/mol. The fraction of sp³-hybridized carbons (Fsp3) is 0.294. The first-order chi connectivity index (χ1) is 11.5. The summed E-state index contributed by atoms with van der Waals surface area (Å²) in [6.45, 7) is 0. The number of phenols is 1. The fourth-order valence-electron chi connectivity index (χ4n) is 2.91. The van der Waals surface area contributed by atoms with Gasteiger partial charge in [0, 0.05) is 30.3 Å². The second-order valence-corrected chi connectivity index (χ2v) is 5.91. The molecule has 1 amide bonds. The Morgan fingerprint density at radius 3 is 2.88 bits per heavy atom. The van der Waals surface area contributed by atoms with Crippen LogP contribution in [0.3, 0.4) is 0 Å². The molecule has 2 heterocycles. The number of phenolic OH excluding ortho intramolecular Hbond substituents is 1. The molecule has 7 heteroatoms. The van der Waals surface area contributed by atoms with E-state index in [2.05, 4.69) is 4.98 Å². The molecule has 0 radical (unpaired) electrons. The quantitative estimate of drug-likeness (QED) is 0.640. The van der Waals surface area contributed by atoms with Crippen molar-refractivity contribution >= 4 is 16.8 Å². The number of imidazole rings is 1. The average molecular weight is 328 g/mol. The molecule has 0 aliphatic carbocycles. The van der Waals surface area contributed by atoms with Crippen molar-refractivity contribution in [1.29, 1.82) is 0 Å². The maximum atomic E-state index is 11.0. The number of nitrogens with zero attached hydrogens (tertiary/aromatic N) is 3. The monoisotopic (exact) mass is 328 g/mol. The lowest BCUT2D eigenvalue weighted by atomic mass is 10.1. The van der Waals surface area contributed by atoms with Crippen molar-refractivity contribution in [1.82, 2.24) is 14.1 Å². The fourth-order valence-corrected chi connectivity index (χ4v) is 2.91. The number of hydrogen-bond donors (Lipinski definition) is 3. The van der Waals surface area contributed by atoms with Crippen LogP contribution in [0.4, 0.5) is 0 Å². The Balaban J connectivity index is 1.65. The topological polar surface area (TPSA) is 106 Å². The molecule has 1 aromatic carbocycles. The molecule has 7 nitrogen and oxygen atoms in total. The van der Waals surface area contributed by atoms with E-state index >= 15 is 0 Å². The summed E-state index contributed by atoms with van der Waals surface area (Å²) in [6, 6.07) is 5.32. The van der Waals surface area contributed by atoms with Crippen molar-refractivity contribution < 1.29 is 15.0 Å². The number of aryl methyl sites for hydroxylation is 2. The molecule has 0 spiro atoms. The van der Waals surface area contributed by atoms with Crippen LogP contribution in [0.1, 0.15) is 35.1 Å². The van der Waals surface area contributed by atoms with Gasteiger partial charge in [-0.15, -0.1) is 0 Å². The predicted octanol–water partition coefficient (Wildman–Crippen LogP) is 1.69. The lowest BCUT2D eigenvalue weighted by Crippen LogP contribution is -2.11.